The van der Waals surface area contributed by atoms with E-state index in [-0.39, 0.29) is 24.0 Å². The van der Waals surface area contributed by atoms with E-state index in [0.717, 1.165) is 11.4 Å². The molecule has 0 bridgehead atoms. The normalized spacial score (nSPS) is 13.9. The smallest absolute Gasteiger partial charge is 0.364 e. The summed E-state index contributed by atoms with van der Waals surface area (Å²) in [7, 11) is -1.91. The Hall–Kier alpha value is -2.93. The monoisotopic (exact) mass is 497 g/mol. The number of nitrogens with zero attached hydrogens (tertiary/aromatic N) is 3. The molecule has 34 heavy (non-hydrogen) atoms. The Labute approximate surface area is 197 Å². The average molecular weight is 498 g/mol. The van der Waals surface area contributed by atoms with E-state index in [4.69, 9.17) is 5.11 Å². The van der Waals surface area contributed by atoms with Crippen LogP contribution in [0.2, 0.25) is 0 Å². The predicted octanol–water partition coefficient (Wildman–Crippen LogP) is 2.33. The molecule has 0 aliphatic heterocycles. The first-order valence-corrected chi connectivity index (χ1v) is 11.7. The summed E-state index contributed by atoms with van der Waals surface area (Å²) in [6.07, 6.45) is -0.268. The van der Waals surface area contributed by atoms with Crippen LogP contribution in [0.1, 0.15) is 43.9 Å². The van der Waals surface area contributed by atoms with Crippen molar-refractivity contribution in [3.63, 3.8) is 0 Å². The maximum Gasteiger partial charge on any atom is 0.364 e. The van der Waals surface area contributed by atoms with Crippen molar-refractivity contribution in [3.8, 4) is 11.3 Å². The Balaban J connectivity index is 2.63. The Morgan fingerprint density at radius 1 is 1.21 bits per heavy atom. The second-order valence-electron chi connectivity index (χ2n) is 7.84. The number of aliphatic hydroxyl groups is 2. The fourth-order valence-corrected chi connectivity index (χ4v) is 3.61. The Morgan fingerprint density at radius 2 is 1.82 bits per heavy atom. The fourth-order valence-electron chi connectivity index (χ4n) is 3.11. The van der Waals surface area contributed by atoms with Gasteiger partial charge in [-0.05, 0) is 30.2 Å². The van der Waals surface area contributed by atoms with Crippen molar-refractivity contribution in [2.24, 2.45) is 0 Å². The zero-order valence-corrected chi connectivity index (χ0v) is 20.0. The molecule has 186 valence electrons. The molecule has 2 aromatic rings. The number of rotatable bonds is 11. The number of anilines is 1. The van der Waals surface area contributed by atoms with Gasteiger partial charge in [0.25, 0.3) is 0 Å². The van der Waals surface area contributed by atoms with Gasteiger partial charge in [-0.1, -0.05) is 26.0 Å². The molecule has 1 heterocycles. The lowest BCUT2D eigenvalue weighted by Crippen LogP contribution is -2.29. The van der Waals surface area contributed by atoms with Gasteiger partial charge in [-0.25, -0.2) is 18.7 Å². The van der Waals surface area contributed by atoms with Crippen molar-refractivity contribution >= 4 is 28.3 Å². The lowest BCUT2D eigenvalue weighted by Gasteiger charge is -2.21. The van der Waals surface area contributed by atoms with Crippen LogP contribution in [0, 0.1) is 5.82 Å². The number of aromatic nitrogens is 2. The van der Waals surface area contributed by atoms with E-state index >= 15 is 0 Å². The van der Waals surface area contributed by atoms with Gasteiger partial charge in [-0.3, -0.25) is 8.98 Å². The molecule has 0 spiro atoms. The van der Waals surface area contributed by atoms with E-state index in [9.17, 15) is 27.8 Å². The second-order valence-corrected chi connectivity index (χ2v) is 9.57. The van der Waals surface area contributed by atoms with Crippen LogP contribution in [0.15, 0.2) is 30.3 Å². The molecule has 0 aliphatic rings. The molecule has 0 unspecified atom stereocenters. The van der Waals surface area contributed by atoms with Crippen LogP contribution in [0.4, 0.5) is 10.3 Å². The topological polar surface area (TPSA) is 150 Å². The lowest BCUT2D eigenvalue weighted by molar-refractivity contribution is -0.139. The number of carboxylic acid groups (broad SMARTS) is 1. The highest BCUT2D eigenvalue weighted by molar-refractivity contribution is 7.88. The summed E-state index contributed by atoms with van der Waals surface area (Å²) < 4.78 is 43.3. The molecule has 1 aromatic heterocycles. The van der Waals surface area contributed by atoms with Gasteiger partial charge >= 0.3 is 16.3 Å². The molecule has 0 saturated carbocycles. The number of carboxylic acids is 1. The molecule has 0 aliphatic carbocycles. The molecule has 2 atom stereocenters. The van der Waals surface area contributed by atoms with Gasteiger partial charge in [0.15, 0.2) is 0 Å². The van der Waals surface area contributed by atoms with E-state index in [1.54, 1.807) is 0 Å². The number of carbonyl (C=O) groups is 1. The Morgan fingerprint density at radius 3 is 2.35 bits per heavy atom. The van der Waals surface area contributed by atoms with E-state index in [1.165, 1.54) is 43.5 Å². The predicted molar refractivity (Wildman–Crippen MR) is 124 cm³/mol. The second kappa shape index (κ2) is 11.5. The van der Waals surface area contributed by atoms with Crippen LogP contribution in [0.3, 0.4) is 0 Å². The van der Waals surface area contributed by atoms with Crippen molar-refractivity contribution in [1.82, 2.24) is 9.97 Å². The molecule has 0 amide bonds. The highest BCUT2D eigenvalue weighted by Crippen LogP contribution is 2.32. The van der Waals surface area contributed by atoms with Gasteiger partial charge in [0, 0.05) is 24.6 Å². The van der Waals surface area contributed by atoms with Crippen molar-refractivity contribution < 1.29 is 37.1 Å². The van der Waals surface area contributed by atoms with Gasteiger partial charge in [0.1, 0.15) is 5.82 Å². The van der Waals surface area contributed by atoms with Crippen molar-refractivity contribution in [1.29, 1.82) is 0 Å². The van der Waals surface area contributed by atoms with Crippen LogP contribution in [0.5, 0.6) is 0 Å². The molecule has 10 nitrogen and oxygen atoms in total. The van der Waals surface area contributed by atoms with E-state index < -0.39 is 40.7 Å². The third kappa shape index (κ3) is 7.03. The third-order valence-corrected chi connectivity index (χ3v) is 6.12. The zero-order chi connectivity index (χ0) is 25.6. The maximum absolute atomic E-state index is 13.5. The minimum Gasteiger partial charge on any atom is -0.481 e. The summed E-state index contributed by atoms with van der Waals surface area (Å²) in [6, 6.07) is 5.40. The highest BCUT2D eigenvalue weighted by Gasteiger charge is 2.25. The first kappa shape index (κ1) is 27.3. The molecule has 0 fully saturated rings. The first-order chi connectivity index (χ1) is 15.9. The number of hydrogen-bond donors (Lipinski definition) is 3. The summed E-state index contributed by atoms with van der Waals surface area (Å²) in [4.78, 5) is 19.5. The summed E-state index contributed by atoms with van der Waals surface area (Å²) >= 11 is 0. The number of halogens is 1. The van der Waals surface area contributed by atoms with Crippen LogP contribution in [-0.2, 0) is 19.3 Å². The minimum absolute atomic E-state index is 0.167. The van der Waals surface area contributed by atoms with Gasteiger partial charge in [-0.15, -0.1) is 0 Å². The molecular weight excluding hydrogens is 469 g/mol. The third-order valence-electron chi connectivity index (χ3n) is 4.86. The molecule has 3 N–H and O–H groups in total. The van der Waals surface area contributed by atoms with Gasteiger partial charge in [-0.2, -0.15) is 8.42 Å². The minimum atomic E-state index is -4.15. The van der Waals surface area contributed by atoms with Crippen molar-refractivity contribution in [2.45, 2.75) is 44.8 Å². The van der Waals surface area contributed by atoms with Gasteiger partial charge < -0.3 is 15.3 Å². The van der Waals surface area contributed by atoms with Gasteiger partial charge in [0.05, 0.1) is 37.1 Å². The van der Waals surface area contributed by atoms with E-state index in [1.807, 2.05) is 13.8 Å². The quantitative estimate of drug-likeness (QED) is 0.425. The molecule has 0 saturated heterocycles. The van der Waals surface area contributed by atoms with Crippen LogP contribution >= 0.6 is 0 Å². The molecule has 12 heteroatoms. The zero-order valence-electron chi connectivity index (χ0n) is 19.2. The molecule has 0 radical (unpaired) electrons. The SMILES string of the molecule is COS(=O)(=O)N(C)c1nc(-c2ccc(F)cc2)c(/C=C/[C@@H](O)C[C@@H](O)CC(=O)O)c(C(C)C)n1. The van der Waals surface area contributed by atoms with Crippen molar-refractivity contribution in [3.05, 3.63) is 47.4 Å². The van der Waals surface area contributed by atoms with E-state index in [0.29, 0.717) is 16.8 Å². The lowest BCUT2D eigenvalue weighted by atomic mass is 9.97. The number of benzene rings is 1. The van der Waals surface area contributed by atoms with Crippen LogP contribution in [-0.4, -0.2) is 66.0 Å². The Bertz CT molecular complexity index is 1140. The number of aliphatic carboxylic acids is 1. The summed E-state index contributed by atoms with van der Waals surface area (Å²) in [6.45, 7) is 3.66. The van der Waals surface area contributed by atoms with Crippen molar-refractivity contribution in [2.75, 3.05) is 18.5 Å². The largest absolute Gasteiger partial charge is 0.481 e. The maximum atomic E-state index is 13.5. The summed E-state index contributed by atoms with van der Waals surface area (Å²) in [5.74, 6) is -2.04. The van der Waals surface area contributed by atoms with Crippen LogP contribution in [0.25, 0.3) is 17.3 Å². The van der Waals surface area contributed by atoms with E-state index in [2.05, 4.69) is 14.2 Å². The molecule has 2 rings (SSSR count). The standard InChI is InChI=1S/C22H28FN3O7S/c1-13(2)20-18(10-9-16(27)11-17(28)12-19(29)30)21(14-5-7-15(23)8-6-14)25-22(24-20)26(3)34(31,32)33-4/h5-10,13,16-17,27-28H,11-12H2,1-4H3,(H,29,30)/b10-9+/t16-,17-/m1/s1. The Kier molecular flexibility index (Phi) is 9.21. The summed E-state index contributed by atoms with van der Waals surface area (Å²) in [5, 5.41) is 28.8. The number of hydrogen-bond acceptors (Lipinski definition) is 8. The highest BCUT2D eigenvalue weighted by atomic mass is 32.2. The summed E-state index contributed by atoms with van der Waals surface area (Å²) in [5.41, 5.74) is 1.63. The molecule has 1 aromatic carbocycles. The van der Waals surface area contributed by atoms with Crippen LogP contribution < -0.4 is 4.31 Å². The number of aliphatic hydroxyl groups excluding tert-OH is 2. The van der Waals surface area contributed by atoms with Gasteiger partial charge in [0.2, 0.25) is 5.95 Å². The fraction of sp³-hybridized carbons (Fsp3) is 0.409. The first-order valence-electron chi connectivity index (χ1n) is 10.3. The average Bonchev–Trinajstić information content (AvgIpc) is 2.76. The molecular formula is C22H28FN3O7S.